The molecule has 1 atom stereocenters. The van der Waals surface area contributed by atoms with E-state index >= 15 is 0 Å². The molecular formula is C23H32FIN4O2. The van der Waals surface area contributed by atoms with Gasteiger partial charge in [0, 0.05) is 33.2 Å². The number of benzene rings is 2. The standard InChI is InChI=1S/C23H31FN4O2.HI/c1-18(30-22-9-7-21(24)8-10-22)15-26-23(25-2)27-16-19-3-5-20(6-4-19)17-28-11-13-29-14-12-28;/h3-10,18H,11-17H2,1-2H3,(H2,25,26,27);1H. The number of nitrogens with one attached hydrogen (secondary N) is 2. The van der Waals surface area contributed by atoms with Gasteiger partial charge < -0.3 is 20.1 Å². The summed E-state index contributed by atoms with van der Waals surface area (Å²) in [6.07, 6.45) is -0.0894. The average Bonchev–Trinajstić information content (AvgIpc) is 2.77. The Morgan fingerprint density at radius 1 is 1.06 bits per heavy atom. The molecule has 3 rings (SSSR count). The first-order valence-electron chi connectivity index (χ1n) is 10.4. The van der Waals surface area contributed by atoms with Gasteiger partial charge in [-0.25, -0.2) is 4.39 Å². The Morgan fingerprint density at radius 3 is 2.35 bits per heavy atom. The van der Waals surface area contributed by atoms with Crippen molar-refractivity contribution in [1.82, 2.24) is 15.5 Å². The van der Waals surface area contributed by atoms with Gasteiger partial charge in [0.15, 0.2) is 5.96 Å². The number of hydrogen-bond acceptors (Lipinski definition) is 4. The number of guanidine groups is 1. The summed E-state index contributed by atoms with van der Waals surface area (Å²) in [4.78, 5) is 6.67. The van der Waals surface area contributed by atoms with Gasteiger partial charge >= 0.3 is 0 Å². The Bertz CT molecular complexity index is 796. The van der Waals surface area contributed by atoms with E-state index in [-0.39, 0.29) is 35.9 Å². The van der Waals surface area contributed by atoms with E-state index in [4.69, 9.17) is 9.47 Å². The van der Waals surface area contributed by atoms with Gasteiger partial charge in [-0.3, -0.25) is 9.89 Å². The molecule has 170 valence electrons. The smallest absolute Gasteiger partial charge is 0.191 e. The van der Waals surface area contributed by atoms with Crippen LogP contribution in [0.25, 0.3) is 0 Å². The molecule has 1 aliphatic heterocycles. The Kier molecular flexibility index (Phi) is 11.0. The summed E-state index contributed by atoms with van der Waals surface area (Å²) in [6, 6.07) is 14.7. The molecule has 0 amide bonds. The van der Waals surface area contributed by atoms with Crippen LogP contribution in [0.3, 0.4) is 0 Å². The predicted molar refractivity (Wildman–Crippen MR) is 133 cm³/mol. The molecule has 1 heterocycles. The Labute approximate surface area is 201 Å². The van der Waals surface area contributed by atoms with Crippen LogP contribution in [0.15, 0.2) is 53.5 Å². The molecule has 31 heavy (non-hydrogen) atoms. The monoisotopic (exact) mass is 542 g/mol. The molecule has 6 nitrogen and oxygen atoms in total. The highest BCUT2D eigenvalue weighted by Crippen LogP contribution is 2.13. The number of morpholine rings is 1. The second-order valence-electron chi connectivity index (χ2n) is 7.39. The van der Waals surface area contributed by atoms with E-state index in [9.17, 15) is 4.39 Å². The molecule has 0 aromatic heterocycles. The van der Waals surface area contributed by atoms with Crippen LogP contribution in [0.1, 0.15) is 18.1 Å². The average molecular weight is 542 g/mol. The molecule has 2 aromatic carbocycles. The molecule has 0 aliphatic carbocycles. The fourth-order valence-electron chi connectivity index (χ4n) is 3.21. The normalized spacial score (nSPS) is 15.6. The highest BCUT2D eigenvalue weighted by Gasteiger charge is 2.10. The third-order valence-electron chi connectivity index (χ3n) is 4.92. The number of rotatable bonds is 8. The van der Waals surface area contributed by atoms with Crippen molar-refractivity contribution in [3.8, 4) is 5.75 Å². The SMILES string of the molecule is CN=C(NCc1ccc(CN2CCOCC2)cc1)NCC(C)Oc1ccc(F)cc1.I. The van der Waals surface area contributed by atoms with Crippen LogP contribution in [-0.2, 0) is 17.8 Å². The number of aliphatic imine (C=N–C) groups is 1. The second-order valence-corrected chi connectivity index (χ2v) is 7.39. The minimum Gasteiger partial charge on any atom is -0.489 e. The summed E-state index contributed by atoms with van der Waals surface area (Å²) < 4.78 is 24.2. The molecular weight excluding hydrogens is 510 g/mol. The lowest BCUT2D eigenvalue weighted by molar-refractivity contribution is 0.0342. The lowest BCUT2D eigenvalue weighted by atomic mass is 10.1. The van der Waals surface area contributed by atoms with Gasteiger partial charge in [-0.2, -0.15) is 0 Å². The molecule has 2 N–H and O–H groups in total. The van der Waals surface area contributed by atoms with Gasteiger partial charge in [-0.05, 0) is 42.3 Å². The predicted octanol–water partition coefficient (Wildman–Crippen LogP) is 3.41. The van der Waals surface area contributed by atoms with E-state index in [1.165, 1.54) is 23.3 Å². The Morgan fingerprint density at radius 2 is 1.71 bits per heavy atom. The quantitative estimate of drug-likeness (QED) is 0.304. The van der Waals surface area contributed by atoms with E-state index in [2.05, 4.69) is 44.8 Å². The maximum Gasteiger partial charge on any atom is 0.191 e. The van der Waals surface area contributed by atoms with E-state index < -0.39 is 0 Å². The zero-order valence-corrected chi connectivity index (χ0v) is 20.5. The zero-order chi connectivity index (χ0) is 21.2. The highest BCUT2D eigenvalue weighted by molar-refractivity contribution is 14.0. The molecule has 2 aromatic rings. The largest absolute Gasteiger partial charge is 0.489 e. The zero-order valence-electron chi connectivity index (χ0n) is 18.1. The maximum absolute atomic E-state index is 13.0. The van der Waals surface area contributed by atoms with Crippen LogP contribution in [0.2, 0.25) is 0 Å². The van der Waals surface area contributed by atoms with Crippen LogP contribution in [0.5, 0.6) is 5.75 Å². The lowest BCUT2D eigenvalue weighted by Gasteiger charge is -2.26. The minimum absolute atomic E-state index is 0. The number of ether oxygens (including phenoxy) is 2. The van der Waals surface area contributed by atoms with Crippen molar-refractivity contribution in [1.29, 1.82) is 0 Å². The first-order chi connectivity index (χ1) is 14.6. The topological polar surface area (TPSA) is 58.1 Å². The van der Waals surface area contributed by atoms with Gasteiger partial charge in [0.05, 0.1) is 19.8 Å². The summed E-state index contributed by atoms with van der Waals surface area (Å²) in [5.74, 6) is 1.08. The van der Waals surface area contributed by atoms with Gasteiger partial charge in [0.2, 0.25) is 0 Å². The van der Waals surface area contributed by atoms with Gasteiger partial charge in [0.1, 0.15) is 17.7 Å². The van der Waals surface area contributed by atoms with Crippen molar-refractivity contribution in [2.45, 2.75) is 26.1 Å². The van der Waals surface area contributed by atoms with Crippen LogP contribution < -0.4 is 15.4 Å². The van der Waals surface area contributed by atoms with Gasteiger partial charge in [-0.1, -0.05) is 24.3 Å². The summed E-state index contributed by atoms with van der Waals surface area (Å²) in [6.45, 7) is 7.82. The third kappa shape index (κ3) is 9.00. The molecule has 8 heteroatoms. The van der Waals surface area contributed by atoms with E-state index in [0.29, 0.717) is 24.8 Å². The van der Waals surface area contributed by atoms with Crippen molar-refractivity contribution in [3.05, 3.63) is 65.5 Å². The third-order valence-corrected chi connectivity index (χ3v) is 4.92. The maximum atomic E-state index is 13.0. The van der Waals surface area contributed by atoms with Gasteiger partial charge in [-0.15, -0.1) is 24.0 Å². The lowest BCUT2D eigenvalue weighted by Crippen LogP contribution is -2.41. The van der Waals surface area contributed by atoms with Crippen LogP contribution in [0, 0.1) is 5.82 Å². The Hall–Kier alpha value is -1.91. The number of hydrogen-bond donors (Lipinski definition) is 2. The van der Waals surface area contributed by atoms with Crippen LogP contribution in [0.4, 0.5) is 4.39 Å². The molecule has 0 radical (unpaired) electrons. The van der Waals surface area contributed by atoms with Crippen molar-refractivity contribution in [2.75, 3.05) is 39.9 Å². The van der Waals surface area contributed by atoms with Crippen LogP contribution in [-0.4, -0.2) is 56.9 Å². The van der Waals surface area contributed by atoms with E-state index in [1.807, 2.05) is 6.92 Å². The van der Waals surface area contributed by atoms with Gasteiger partial charge in [0.25, 0.3) is 0 Å². The first kappa shape index (κ1) is 25.4. The Balaban J connectivity index is 0.00000341. The number of halogens is 2. The van der Waals surface area contributed by atoms with Crippen molar-refractivity contribution < 1.29 is 13.9 Å². The molecule has 1 fully saturated rings. The van der Waals surface area contributed by atoms with Crippen LogP contribution >= 0.6 is 24.0 Å². The molecule has 1 unspecified atom stereocenters. The summed E-state index contributed by atoms with van der Waals surface area (Å²) >= 11 is 0. The van der Waals surface area contributed by atoms with E-state index in [1.54, 1.807) is 19.2 Å². The van der Waals surface area contributed by atoms with Crippen molar-refractivity contribution in [3.63, 3.8) is 0 Å². The molecule has 0 spiro atoms. The minimum atomic E-state index is -0.271. The van der Waals surface area contributed by atoms with Crippen molar-refractivity contribution >= 4 is 29.9 Å². The highest BCUT2D eigenvalue weighted by atomic mass is 127. The second kappa shape index (κ2) is 13.5. The summed E-state index contributed by atoms with van der Waals surface area (Å²) in [5, 5.41) is 6.58. The molecule has 0 saturated carbocycles. The molecule has 0 bridgehead atoms. The fourth-order valence-corrected chi connectivity index (χ4v) is 3.21. The summed E-state index contributed by atoms with van der Waals surface area (Å²) in [5.41, 5.74) is 2.51. The summed E-state index contributed by atoms with van der Waals surface area (Å²) in [7, 11) is 1.74. The molecule has 1 saturated heterocycles. The van der Waals surface area contributed by atoms with Crippen molar-refractivity contribution in [2.24, 2.45) is 4.99 Å². The first-order valence-corrected chi connectivity index (χ1v) is 10.4. The fraction of sp³-hybridized carbons (Fsp3) is 0.435. The number of nitrogens with zero attached hydrogens (tertiary/aromatic N) is 2. The van der Waals surface area contributed by atoms with E-state index in [0.717, 1.165) is 32.8 Å². The molecule has 1 aliphatic rings.